The number of hydrogen-bond acceptors (Lipinski definition) is 3. The Kier molecular flexibility index (Phi) is 5.13. The number of likely N-dealkylation sites (tertiary alicyclic amines) is 1. The van der Waals surface area contributed by atoms with Gasteiger partial charge >= 0.3 is 0 Å². The highest BCUT2D eigenvalue weighted by atomic mass is 32.1. The van der Waals surface area contributed by atoms with E-state index >= 15 is 0 Å². The predicted octanol–water partition coefficient (Wildman–Crippen LogP) is 3.60. The lowest BCUT2D eigenvalue weighted by Crippen LogP contribution is -2.38. The summed E-state index contributed by atoms with van der Waals surface area (Å²) in [5, 5.41) is 5.29. The molecule has 1 amide bonds. The van der Waals surface area contributed by atoms with Crippen LogP contribution in [0.1, 0.15) is 35.4 Å². The van der Waals surface area contributed by atoms with Gasteiger partial charge in [-0.05, 0) is 42.8 Å². The Bertz CT molecular complexity index is 636. The minimum atomic E-state index is -0.0527. The average molecular weight is 328 g/mol. The second-order valence-electron chi connectivity index (χ2n) is 6.56. The molecule has 0 aliphatic carbocycles. The fourth-order valence-electron chi connectivity index (χ4n) is 3.11. The van der Waals surface area contributed by atoms with E-state index in [2.05, 4.69) is 59.8 Å². The normalized spacial score (nSPS) is 19.7. The van der Waals surface area contributed by atoms with E-state index in [1.165, 1.54) is 16.9 Å². The fraction of sp³-hybridized carbons (Fsp3) is 0.421. The lowest BCUT2D eigenvalue weighted by atomic mass is 10.0. The number of carbonyl (C=O) groups is 1. The number of aryl methyl sites for hydroxylation is 1. The molecule has 1 aromatic carbocycles. The van der Waals surface area contributed by atoms with E-state index in [9.17, 15) is 4.79 Å². The van der Waals surface area contributed by atoms with Crippen molar-refractivity contribution in [3.8, 4) is 0 Å². The molecular formula is C19H24N2OS. The maximum absolute atomic E-state index is 12.5. The highest BCUT2D eigenvalue weighted by molar-refractivity contribution is 7.10. The van der Waals surface area contributed by atoms with E-state index in [1.807, 2.05) is 6.07 Å². The van der Waals surface area contributed by atoms with Gasteiger partial charge in [-0.1, -0.05) is 42.8 Å². The van der Waals surface area contributed by atoms with Crippen LogP contribution in [0.25, 0.3) is 0 Å². The van der Waals surface area contributed by atoms with Gasteiger partial charge in [-0.3, -0.25) is 9.69 Å². The van der Waals surface area contributed by atoms with Crippen molar-refractivity contribution in [3.63, 3.8) is 0 Å². The summed E-state index contributed by atoms with van der Waals surface area (Å²) in [5.74, 6) is 0.811. The fourth-order valence-corrected chi connectivity index (χ4v) is 3.92. The van der Waals surface area contributed by atoms with Crippen molar-refractivity contribution in [1.29, 1.82) is 0 Å². The number of hydrogen-bond donors (Lipinski definition) is 1. The molecule has 2 aromatic rings. The molecule has 3 nitrogen and oxygen atoms in total. The quantitative estimate of drug-likeness (QED) is 0.909. The Morgan fingerprint density at radius 3 is 2.74 bits per heavy atom. The number of benzene rings is 1. The van der Waals surface area contributed by atoms with Crippen LogP contribution in [0.4, 0.5) is 0 Å². The maximum Gasteiger partial charge on any atom is 0.234 e. The van der Waals surface area contributed by atoms with Crippen molar-refractivity contribution in [2.75, 3.05) is 19.6 Å². The lowest BCUT2D eigenvalue weighted by Gasteiger charge is -2.21. The van der Waals surface area contributed by atoms with Crippen molar-refractivity contribution in [2.45, 2.75) is 26.3 Å². The summed E-state index contributed by atoms with van der Waals surface area (Å²) < 4.78 is 0. The van der Waals surface area contributed by atoms with Crippen molar-refractivity contribution in [1.82, 2.24) is 10.2 Å². The van der Waals surface area contributed by atoms with Gasteiger partial charge in [0, 0.05) is 11.4 Å². The monoisotopic (exact) mass is 328 g/mol. The van der Waals surface area contributed by atoms with Crippen LogP contribution >= 0.6 is 11.3 Å². The Morgan fingerprint density at radius 2 is 2.13 bits per heavy atom. The van der Waals surface area contributed by atoms with Gasteiger partial charge in [0.05, 0.1) is 12.6 Å². The molecule has 122 valence electrons. The first kappa shape index (κ1) is 16.2. The Hall–Kier alpha value is -1.65. The molecule has 1 saturated heterocycles. The molecule has 0 radical (unpaired) electrons. The number of rotatable bonds is 5. The zero-order valence-electron chi connectivity index (χ0n) is 13.8. The molecule has 0 unspecified atom stereocenters. The first-order valence-electron chi connectivity index (χ1n) is 8.23. The van der Waals surface area contributed by atoms with Gasteiger partial charge < -0.3 is 5.32 Å². The summed E-state index contributed by atoms with van der Waals surface area (Å²) in [6.07, 6.45) is 1.19. The number of nitrogens with one attached hydrogen (secondary N) is 1. The number of nitrogens with zero attached hydrogens (tertiary/aromatic N) is 1. The maximum atomic E-state index is 12.5. The van der Waals surface area contributed by atoms with Crippen molar-refractivity contribution in [2.24, 2.45) is 5.92 Å². The van der Waals surface area contributed by atoms with E-state index in [0.29, 0.717) is 12.5 Å². The zero-order chi connectivity index (χ0) is 16.2. The van der Waals surface area contributed by atoms with Crippen LogP contribution in [0, 0.1) is 12.8 Å². The minimum Gasteiger partial charge on any atom is -0.343 e. The van der Waals surface area contributed by atoms with Gasteiger partial charge in [-0.25, -0.2) is 0 Å². The molecule has 0 spiro atoms. The Labute approximate surface area is 142 Å². The first-order chi connectivity index (χ1) is 11.1. The van der Waals surface area contributed by atoms with Crippen LogP contribution in [0.5, 0.6) is 0 Å². The standard InChI is InChI=1S/C19H24N2OS/c1-14-5-7-16(8-6-14)19(17-4-3-11-23-17)20-18(22)13-21-10-9-15(2)12-21/h3-8,11,15,19H,9-10,12-13H2,1-2H3,(H,20,22)/t15-,19-/m0/s1. The second kappa shape index (κ2) is 7.28. The van der Waals surface area contributed by atoms with Crippen molar-refractivity contribution >= 4 is 17.2 Å². The van der Waals surface area contributed by atoms with Crippen LogP contribution < -0.4 is 5.32 Å². The Morgan fingerprint density at radius 1 is 1.35 bits per heavy atom. The minimum absolute atomic E-state index is 0.0527. The molecule has 23 heavy (non-hydrogen) atoms. The van der Waals surface area contributed by atoms with Crippen molar-refractivity contribution < 1.29 is 4.79 Å². The first-order valence-corrected chi connectivity index (χ1v) is 9.11. The van der Waals surface area contributed by atoms with Gasteiger partial charge in [0.15, 0.2) is 0 Å². The summed E-state index contributed by atoms with van der Waals surface area (Å²) in [5.41, 5.74) is 2.37. The summed E-state index contributed by atoms with van der Waals surface area (Å²) in [6.45, 7) is 6.89. The summed E-state index contributed by atoms with van der Waals surface area (Å²) in [4.78, 5) is 15.9. The van der Waals surface area contributed by atoms with Gasteiger partial charge in [-0.2, -0.15) is 0 Å². The topological polar surface area (TPSA) is 32.3 Å². The van der Waals surface area contributed by atoms with Gasteiger partial charge in [0.25, 0.3) is 0 Å². The summed E-state index contributed by atoms with van der Waals surface area (Å²) >= 11 is 1.69. The second-order valence-corrected chi connectivity index (χ2v) is 7.53. The third-order valence-corrected chi connectivity index (χ3v) is 5.36. The number of thiophene rings is 1. The van der Waals surface area contributed by atoms with Crippen LogP contribution in [0.3, 0.4) is 0 Å². The molecule has 1 aromatic heterocycles. The van der Waals surface area contributed by atoms with E-state index in [0.717, 1.165) is 18.7 Å². The van der Waals surface area contributed by atoms with Gasteiger partial charge in [0.2, 0.25) is 5.91 Å². The average Bonchev–Trinajstić information content (AvgIpc) is 3.18. The molecule has 1 aliphatic rings. The van der Waals surface area contributed by atoms with Crippen LogP contribution in [0.2, 0.25) is 0 Å². The predicted molar refractivity (Wildman–Crippen MR) is 95.7 cm³/mol. The molecule has 1 aliphatic heterocycles. The van der Waals surface area contributed by atoms with Crippen LogP contribution in [-0.2, 0) is 4.79 Å². The molecule has 0 saturated carbocycles. The molecule has 2 heterocycles. The van der Waals surface area contributed by atoms with Crippen LogP contribution in [0.15, 0.2) is 41.8 Å². The molecule has 0 bridgehead atoms. The summed E-state index contributed by atoms with van der Waals surface area (Å²) in [6, 6.07) is 12.5. The molecule has 4 heteroatoms. The lowest BCUT2D eigenvalue weighted by molar-refractivity contribution is -0.122. The van der Waals surface area contributed by atoms with Gasteiger partial charge in [-0.15, -0.1) is 11.3 Å². The Balaban J connectivity index is 1.71. The smallest absolute Gasteiger partial charge is 0.234 e. The molecule has 1 fully saturated rings. The number of carbonyl (C=O) groups excluding carboxylic acids is 1. The van der Waals surface area contributed by atoms with E-state index < -0.39 is 0 Å². The molecule has 1 N–H and O–H groups in total. The molecule has 3 rings (SSSR count). The van der Waals surface area contributed by atoms with Gasteiger partial charge in [0.1, 0.15) is 0 Å². The largest absolute Gasteiger partial charge is 0.343 e. The van der Waals surface area contributed by atoms with Crippen molar-refractivity contribution in [3.05, 3.63) is 57.8 Å². The number of amides is 1. The zero-order valence-corrected chi connectivity index (χ0v) is 14.6. The van der Waals surface area contributed by atoms with Crippen LogP contribution in [-0.4, -0.2) is 30.4 Å². The highest BCUT2D eigenvalue weighted by Gasteiger charge is 2.23. The third-order valence-electron chi connectivity index (χ3n) is 4.42. The molecule has 2 atom stereocenters. The van der Waals surface area contributed by atoms with E-state index in [1.54, 1.807) is 11.3 Å². The van der Waals surface area contributed by atoms with E-state index in [-0.39, 0.29) is 11.9 Å². The third kappa shape index (κ3) is 4.21. The SMILES string of the molecule is Cc1ccc([C@H](NC(=O)CN2CC[C@H](C)C2)c2cccs2)cc1. The summed E-state index contributed by atoms with van der Waals surface area (Å²) in [7, 11) is 0. The van der Waals surface area contributed by atoms with E-state index in [4.69, 9.17) is 0 Å². The molecular weight excluding hydrogens is 304 g/mol. The highest BCUT2D eigenvalue weighted by Crippen LogP contribution is 2.26.